The van der Waals surface area contributed by atoms with E-state index in [0.717, 1.165) is 11.8 Å². The maximum Gasteiger partial charge on any atom is 0.325 e. The molecule has 11 nitrogen and oxygen atoms in total. The Kier molecular flexibility index (Phi) is 13.4. The molecule has 0 amide bonds. The number of ether oxygens (including phenoxy) is 1. The van der Waals surface area contributed by atoms with Crippen LogP contribution in [0.5, 0.6) is 5.75 Å². The minimum absolute atomic E-state index is 0.0193. The molecule has 3 rings (SSSR count). The molecular formula is C29H46N4O7S2. The van der Waals surface area contributed by atoms with Crippen molar-refractivity contribution in [3.8, 4) is 5.75 Å². The number of aliphatic carboxylic acids is 1. The monoisotopic (exact) mass is 626 g/mol. The van der Waals surface area contributed by atoms with E-state index in [4.69, 9.17) is 4.74 Å². The quantitative estimate of drug-likeness (QED) is 0.344. The van der Waals surface area contributed by atoms with Crippen LogP contribution in [-0.4, -0.2) is 106 Å². The first-order chi connectivity index (χ1) is 19.6. The summed E-state index contributed by atoms with van der Waals surface area (Å²) in [7, 11) is -7.36. The Morgan fingerprint density at radius 3 is 1.95 bits per heavy atom. The van der Waals surface area contributed by atoms with Crippen LogP contribution in [0.3, 0.4) is 0 Å². The predicted molar refractivity (Wildman–Crippen MR) is 164 cm³/mol. The van der Waals surface area contributed by atoms with Gasteiger partial charge in [0.05, 0.1) is 11.2 Å². The van der Waals surface area contributed by atoms with Gasteiger partial charge in [-0.15, -0.1) is 0 Å². The van der Waals surface area contributed by atoms with Crippen LogP contribution in [0.2, 0.25) is 0 Å². The van der Waals surface area contributed by atoms with Crippen molar-refractivity contribution in [3.63, 3.8) is 0 Å². The van der Waals surface area contributed by atoms with Crippen LogP contribution in [0.4, 0.5) is 0 Å². The van der Waals surface area contributed by atoms with Crippen LogP contribution < -0.4 is 9.46 Å². The Bertz CT molecular complexity index is 1330. The third kappa shape index (κ3) is 10.3. The van der Waals surface area contributed by atoms with Gasteiger partial charge < -0.3 is 14.7 Å². The number of carboxylic acid groups (broad SMARTS) is 1. The molecule has 1 fully saturated rings. The molecule has 0 saturated carbocycles. The standard InChI is InChI=1S/C22H29N3O7S2.C7H17N/c1-22(21(26)27,24-12-14-25(15-13-24)33(2,28)29)17-23-34(30,31)20-10-8-19(9-11-20)32-16-18-6-4-3-5-7-18;1-5-8(6-2)7(3)4/h3-11,23H,12-17H2,1-2H3,(H,26,27);7H,5-6H2,1-4H3/t22-;/m0./s1. The number of carbonyl (C=O) groups is 1. The van der Waals surface area contributed by atoms with Crippen LogP contribution in [-0.2, 0) is 31.4 Å². The molecule has 42 heavy (non-hydrogen) atoms. The number of hydrogen-bond donors (Lipinski definition) is 2. The Hall–Kier alpha value is -2.55. The highest BCUT2D eigenvalue weighted by Gasteiger charge is 2.42. The van der Waals surface area contributed by atoms with Gasteiger partial charge in [0.2, 0.25) is 20.0 Å². The van der Waals surface area contributed by atoms with Gasteiger partial charge in [0, 0.05) is 38.8 Å². The van der Waals surface area contributed by atoms with Crippen molar-refractivity contribution < 1.29 is 31.5 Å². The Morgan fingerprint density at radius 2 is 1.52 bits per heavy atom. The van der Waals surface area contributed by atoms with Gasteiger partial charge in [0.1, 0.15) is 17.9 Å². The van der Waals surface area contributed by atoms with Gasteiger partial charge >= 0.3 is 5.97 Å². The minimum Gasteiger partial charge on any atom is -0.489 e. The molecule has 0 radical (unpaired) electrons. The van der Waals surface area contributed by atoms with Crippen LogP contribution in [0.15, 0.2) is 59.5 Å². The fraction of sp³-hybridized carbons (Fsp3) is 0.552. The van der Waals surface area contributed by atoms with Gasteiger partial charge in [-0.25, -0.2) is 21.6 Å². The van der Waals surface area contributed by atoms with E-state index in [-0.39, 0.29) is 37.6 Å². The van der Waals surface area contributed by atoms with Crippen molar-refractivity contribution in [2.75, 3.05) is 52.1 Å². The molecule has 0 bridgehead atoms. The second-order valence-electron chi connectivity index (χ2n) is 10.6. The average Bonchev–Trinajstić information content (AvgIpc) is 2.96. The zero-order valence-electron chi connectivity index (χ0n) is 25.5. The highest BCUT2D eigenvalue weighted by molar-refractivity contribution is 7.89. The first-order valence-electron chi connectivity index (χ1n) is 14.1. The number of hydrogen-bond acceptors (Lipinski definition) is 8. The average molecular weight is 627 g/mol. The normalized spacial score (nSPS) is 16.5. The van der Waals surface area contributed by atoms with Crippen LogP contribution in [0, 0.1) is 0 Å². The fourth-order valence-corrected chi connectivity index (χ4v) is 6.52. The summed E-state index contributed by atoms with van der Waals surface area (Å²) in [5.74, 6) is -0.699. The molecule has 236 valence electrons. The fourth-order valence-electron chi connectivity index (χ4n) is 4.56. The van der Waals surface area contributed by atoms with E-state index in [2.05, 4.69) is 37.3 Å². The number of nitrogens with zero attached hydrogens (tertiary/aromatic N) is 3. The smallest absolute Gasteiger partial charge is 0.325 e. The molecule has 1 aliphatic rings. The van der Waals surface area contributed by atoms with Crippen molar-refractivity contribution in [2.45, 2.75) is 57.7 Å². The number of rotatable bonds is 13. The van der Waals surface area contributed by atoms with Crippen LogP contribution >= 0.6 is 0 Å². The third-order valence-electron chi connectivity index (χ3n) is 7.40. The van der Waals surface area contributed by atoms with Gasteiger partial charge in [-0.1, -0.05) is 44.2 Å². The number of benzene rings is 2. The molecule has 1 saturated heterocycles. The van der Waals surface area contributed by atoms with E-state index < -0.39 is 31.6 Å². The topological polar surface area (TPSA) is 137 Å². The van der Waals surface area contributed by atoms with Gasteiger partial charge in [0.15, 0.2) is 0 Å². The number of carboxylic acids is 1. The Balaban J connectivity index is 0.000000675. The number of nitrogens with one attached hydrogen (secondary N) is 1. The molecule has 0 aliphatic carbocycles. The Morgan fingerprint density at radius 1 is 0.976 bits per heavy atom. The maximum atomic E-state index is 12.8. The lowest BCUT2D eigenvalue weighted by Gasteiger charge is -2.42. The molecule has 2 aromatic rings. The van der Waals surface area contributed by atoms with Crippen molar-refractivity contribution in [2.24, 2.45) is 0 Å². The molecule has 13 heteroatoms. The second-order valence-corrected chi connectivity index (χ2v) is 14.4. The highest BCUT2D eigenvalue weighted by atomic mass is 32.2. The molecule has 2 N–H and O–H groups in total. The second kappa shape index (κ2) is 15.8. The summed E-state index contributed by atoms with van der Waals surface area (Å²) in [6, 6.07) is 16.1. The van der Waals surface area contributed by atoms with Crippen molar-refractivity contribution in [3.05, 3.63) is 60.2 Å². The van der Waals surface area contributed by atoms with Crippen molar-refractivity contribution in [1.29, 1.82) is 0 Å². The third-order valence-corrected chi connectivity index (χ3v) is 10.1. The summed E-state index contributed by atoms with van der Waals surface area (Å²) in [6.07, 6.45) is 1.10. The summed E-state index contributed by atoms with van der Waals surface area (Å²) < 4.78 is 58.4. The van der Waals surface area contributed by atoms with E-state index in [0.29, 0.717) is 18.4 Å². The number of piperazine rings is 1. The highest BCUT2D eigenvalue weighted by Crippen LogP contribution is 2.21. The summed E-state index contributed by atoms with van der Waals surface area (Å²) in [4.78, 5) is 16.0. The van der Waals surface area contributed by atoms with E-state index in [1.807, 2.05) is 30.3 Å². The van der Waals surface area contributed by atoms with Crippen LogP contribution in [0.25, 0.3) is 0 Å². The lowest BCUT2D eigenvalue weighted by atomic mass is 9.99. The zero-order chi connectivity index (χ0) is 31.6. The SMILES string of the molecule is CCN(CC)C(C)C.C[C@](CNS(=O)(=O)c1ccc(OCc2ccccc2)cc1)(C(=O)O)N1CCN(S(C)(=O)=O)CC1. The molecule has 0 aromatic heterocycles. The summed E-state index contributed by atoms with van der Waals surface area (Å²) in [5, 5.41) is 9.84. The van der Waals surface area contributed by atoms with Gasteiger partial charge in [-0.2, -0.15) is 4.31 Å². The van der Waals surface area contributed by atoms with Crippen LogP contribution in [0.1, 0.15) is 40.2 Å². The molecule has 0 unspecified atom stereocenters. The molecule has 1 heterocycles. The molecule has 0 spiro atoms. The molecule has 1 aliphatic heterocycles. The molecule has 1 atom stereocenters. The number of sulfonamides is 2. The molecular weight excluding hydrogens is 580 g/mol. The van der Waals surface area contributed by atoms with E-state index in [9.17, 15) is 26.7 Å². The minimum atomic E-state index is -3.99. The molecule has 2 aromatic carbocycles. The first kappa shape index (κ1) is 35.6. The largest absolute Gasteiger partial charge is 0.489 e. The van der Waals surface area contributed by atoms with Crippen molar-refractivity contribution in [1.82, 2.24) is 18.8 Å². The van der Waals surface area contributed by atoms with E-state index in [1.165, 1.54) is 48.6 Å². The van der Waals surface area contributed by atoms with Gasteiger partial charge in [-0.05, 0) is 63.7 Å². The van der Waals surface area contributed by atoms with E-state index in [1.54, 1.807) is 4.90 Å². The van der Waals surface area contributed by atoms with Gasteiger partial charge in [0.25, 0.3) is 0 Å². The van der Waals surface area contributed by atoms with Crippen molar-refractivity contribution >= 4 is 26.0 Å². The summed E-state index contributed by atoms with van der Waals surface area (Å²) in [6.45, 7) is 13.2. The zero-order valence-corrected chi connectivity index (χ0v) is 27.1. The van der Waals surface area contributed by atoms with Gasteiger partial charge in [-0.3, -0.25) is 9.69 Å². The maximum absolute atomic E-state index is 12.8. The predicted octanol–water partition coefficient (Wildman–Crippen LogP) is 2.70. The Labute approximate surface area is 251 Å². The summed E-state index contributed by atoms with van der Waals surface area (Å²) in [5.41, 5.74) is -0.568. The van der Waals surface area contributed by atoms with E-state index >= 15 is 0 Å². The summed E-state index contributed by atoms with van der Waals surface area (Å²) >= 11 is 0. The first-order valence-corrected chi connectivity index (χ1v) is 17.4. The lowest BCUT2D eigenvalue weighted by molar-refractivity contribution is -0.150. The lowest BCUT2D eigenvalue weighted by Crippen LogP contribution is -2.63.